The molecule has 2 saturated carbocycles. The number of aliphatic hydroxyl groups excluding tert-OH is 1. The minimum absolute atomic E-state index is 0.295. The second-order valence-electron chi connectivity index (χ2n) is 16.0. The van der Waals surface area contributed by atoms with E-state index in [1.54, 1.807) is 38.5 Å². The summed E-state index contributed by atoms with van der Waals surface area (Å²) < 4.78 is 23.1. The second-order valence-corrected chi connectivity index (χ2v) is 16.8. The van der Waals surface area contributed by atoms with Crippen LogP contribution in [0.3, 0.4) is 0 Å². The largest absolute Gasteiger partial charge is 0.497 e. The van der Waals surface area contributed by atoms with Crippen LogP contribution in [0.1, 0.15) is 125 Å². The third kappa shape index (κ3) is 8.94. The van der Waals surface area contributed by atoms with Gasteiger partial charge in [-0.25, -0.2) is 9.59 Å². The van der Waals surface area contributed by atoms with Gasteiger partial charge in [0.05, 0.1) is 55.4 Å². The van der Waals surface area contributed by atoms with E-state index in [-0.39, 0.29) is 11.9 Å². The van der Waals surface area contributed by atoms with Crippen molar-refractivity contribution in [1.82, 2.24) is 9.55 Å². The molecule has 0 bridgehead atoms. The zero-order valence-electron chi connectivity index (χ0n) is 35.7. The molecular formula is C49H54BBrN2O9. The van der Waals surface area contributed by atoms with E-state index in [2.05, 4.69) is 27.5 Å². The van der Waals surface area contributed by atoms with E-state index in [1.165, 1.54) is 82.1 Å². The molecule has 4 aromatic carbocycles. The SMILES string of the molecule is C=Cc1cc(OC)ccc1B(O)O.COC(=O)c1ccc2c(C3CCCCC3)c(Br)[nH]c2c1.COC(=O)c1ccc2c(C3CCCCC3)c3n(c2c1)C(O)c1cc(OC)ccc1-3. The predicted octanol–water partition coefficient (Wildman–Crippen LogP) is 9.79. The summed E-state index contributed by atoms with van der Waals surface area (Å²) >= 11 is 3.65. The van der Waals surface area contributed by atoms with E-state index in [0.29, 0.717) is 39.7 Å². The van der Waals surface area contributed by atoms with Crippen LogP contribution in [0, 0.1) is 0 Å². The molecule has 1 unspecified atom stereocenters. The van der Waals surface area contributed by atoms with Crippen molar-refractivity contribution in [3.8, 4) is 22.8 Å². The quantitative estimate of drug-likeness (QED) is 0.0864. The molecule has 9 rings (SSSR count). The number of aromatic nitrogens is 2. The van der Waals surface area contributed by atoms with E-state index < -0.39 is 13.3 Å². The molecule has 2 aliphatic carbocycles. The van der Waals surface area contributed by atoms with Crippen molar-refractivity contribution in [2.45, 2.75) is 82.3 Å². The molecule has 62 heavy (non-hydrogen) atoms. The Morgan fingerprint density at radius 3 is 1.89 bits per heavy atom. The standard InChI is InChI=1S/C24H25NO4.C16H18BrNO2.C9H11BO3/c1-28-16-9-11-17-19(13-16)23(26)25-20-12-15(24(27)29-2)8-10-18(20)21(22(17)25)14-6-4-3-5-7-14;1-20-16(19)11-7-8-12-13(9-11)18-15(17)14(12)10-5-3-2-4-6-10;1-3-7-6-8(13-2)4-5-9(7)10(11)12/h8-14,23,26H,3-7H2,1-2H3;7-10,18H,2-6H2,1H3;3-6,11-12H,1H2,2H3. The Hall–Kier alpha value is -5.34. The molecule has 6 aromatic rings. The van der Waals surface area contributed by atoms with Crippen LogP contribution >= 0.6 is 15.9 Å². The number of hydrogen-bond acceptors (Lipinski definition) is 9. The van der Waals surface area contributed by atoms with Crippen LogP contribution in [0.4, 0.5) is 0 Å². The van der Waals surface area contributed by atoms with Crippen molar-refractivity contribution < 1.29 is 43.7 Å². The summed E-state index contributed by atoms with van der Waals surface area (Å²) in [5.74, 6) is 1.82. The molecular weight excluding hydrogens is 851 g/mol. The highest BCUT2D eigenvalue weighted by atomic mass is 79.9. The van der Waals surface area contributed by atoms with E-state index >= 15 is 0 Å². The van der Waals surface area contributed by atoms with Gasteiger partial charge in [0.2, 0.25) is 0 Å². The average Bonchev–Trinajstić information content (AvgIpc) is 3.94. The molecule has 1 aliphatic heterocycles. The number of hydrogen-bond donors (Lipinski definition) is 4. The lowest BCUT2D eigenvalue weighted by molar-refractivity contribution is 0.0592. The van der Waals surface area contributed by atoms with Gasteiger partial charge in [-0.3, -0.25) is 0 Å². The number of rotatable bonds is 8. The van der Waals surface area contributed by atoms with Gasteiger partial charge in [0.1, 0.15) is 11.5 Å². The maximum Gasteiger partial charge on any atom is 0.489 e. The maximum atomic E-state index is 12.1. The predicted molar refractivity (Wildman–Crippen MR) is 248 cm³/mol. The summed E-state index contributed by atoms with van der Waals surface area (Å²) in [6, 6.07) is 22.3. The highest BCUT2D eigenvalue weighted by molar-refractivity contribution is 9.10. The van der Waals surface area contributed by atoms with Crippen molar-refractivity contribution in [2.75, 3.05) is 28.4 Å². The van der Waals surface area contributed by atoms with Crippen LogP contribution in [0.25, 0.3) is 39.1 Å². The third-order valence-electron chi connectivity index (χ3n) is 12.5. The van der Waals surface area contributed by atoms with Crippen molar-refractivity contribution in [1.29, 1.82) is 0 Å². The zero-order valence-corrected chi connectivity index (χ0v) is 37.3. The van der Waals surface area contributed by atoms with Gasteiger partial charge in [0, 0.05) is 27.4 Å². The molecule has 1 atom stereocenters. The Morgan fingerprint density at radius 1 is 0.742 bits per heavy atom. The van der Waals surface area contributed by atoms with Gasteiger partial charge in [-0.2, -0.15) is 0 Å². The van der Waals surface area contributed by atoms with Gasteiger partial charge in [-0.15, -0.1) is 0 Å². The molecule has 13 heteroatoms. The summed E-state index contributed by atoms with van der Waals surface area (Å²) in [5.41, 5.74) is 9.71. The molecule has 11 nitrogen and oxygen atoms in total. The van der Waals surface area contributed by atoms with Crippen LogP contribution in [-0.4, -0.2) is 72.2 Å². The summed E-state index contributed by atoms with van der Waals surface area (Å²) in [6.45, 7) is 3.57. The first kappa shape index (κ1) is 44.7. The molecule has 0 saturated heterocycles. The highest BCUT2D eigenvalue weighted by Crippen LogP contribution is 2.51. The molecule has 4 N–H and O–H groups in total. The van der Waals surface area contributed by atoms with E-state index in [9.17, 15) is 14.7 Å². The minimum Gasteiger partial charge on any atom is -0.497 e. The molecule has 0 radical (unpaired) electrons. The number of fused-ring (bicyclic) bond motifs is 6. The Labute approximate surface area is 370 Å². The number of halogens is 1. The fraction of sp³-hybridized carbons (Fsp3) is 0.347. The van der Waals surface area contributed by atoms with Crippen LogP contribution in [0.15, 0.2) is 84.0 Å². The topological polar surface area (TPSA) is 152 Å². The van der Waals surface area contributed by atoms with E-state index in [1.807, 2.05) is 59.2 Å². The number of esters is 2. The lowest BCUT2D eigenvalue weighted by Gasteiger charge is -2.23. The van der Waals surface area contributed by atoms with Crippen LogP contribution < -0.4 is 14.9 Å². The van der Waals surface area contributed by atoms with Crippen molar-refractivity contribution >= 4 is 68.3 Å². The summed E-state index contributed by atoms with van der Waals surface area (Å²) in [7, 11) is 4.51. The fourth-order valence-electron chi connectivity index (χ4n) is 9.46. The van der Waals surface area contributed by atoms with Gasteiger partial charge in [-0.1, -0.05) is 69.4 Å². The van der Waals surface area contributed by atoms with Crippen molar-refractivity contribution in [2.24, 2.45) is 0 Å². The Bertz CT molecular complexity index is 2590. The van der Waals surface area contributed by atoms with Crippen molar-refractivity contribution in [3.05, 3.63) is 117 Å². The highest BCUT2D eigenvalue weighted by Gasteiger charge is 2.36. The lowest BCUT2D eigenvalue weighted by Crippen LogP contribution is -2.31. The van der Waals surface area contributed by atoms with Gasteiger partial charge < -0.3 is 43.7 Å². The number of benzene rings is 4. The molecule has 3 aliphatic rings. The Morgan fingerprint density at radius 2 is 1.31 bits per heavy atom. The molecule has 2 fully saturated rings. The molecule has 324 valence electrons. The van der Waals surface area contributed by atoms with E-state index in [4.69, 9.17) is 29.0 Å². The minimum atomic E-state index is -1.47. The number of nitrogens with one attached hydrogen (secondary N) is 1. The number of nitrogens with zero attached hydrogens (tertiary/aromatic N) is 1. The third-order valence-corrected chi connectivity index (χ3v) is 13.2. The van der Waals surface area contributed by atoms with Gasteiger partial charge >= 0.3 is 19.1 Å². The summed E-state index contributed by atoms with van der Waals surface area (Å²) in [4.78, 5) is 27.1. The molecule has 2 aromatic heterocycles. The van der Waals surface area contributed by atoms with Gasteiger partial charge in [0.25, 0.3) is 0 Å². The number of ether oxygens (including phenoxy) is 4. The van der Waals surface area contributed by atoms with Crippen molar-refractivity contribution in [3.63, 3.8) is 0 Å². The van der Waals surface area contributed by atoms with E-state index in [0.717, 1.165) is 56.4 Å². The first-order chi connectivity index (χ1) is 30.0. The fourth-order valence-corrected chi connectivity index (χ4v) is 10.2. The summed E-state index contributed by atoms with van der Waals surface area (Å²) in [5, 5.41) is 31.5. The monoisotopic (exact) mass is 904 g/mol. The zero-order chi connectivity index (χ0) is 44.1. The molecule has 0 amide bonds. The van der Waals surface area contributed by atoms with Gasteiger partial charge in [0.15, 0.2) is 6.23 Å². The maximum absolute atomic E-state index is 12.1. The van der Waals surface area contributed by atoms with Gasteiger partial charge in [-0.05, 0) is 130 Å². The number of H-pyrrole nitrogens is 1. The number of methoxy groups -OCH3 is 4. The lowest BCUT2D eigenvalue weighted by atomic mass is 9.77. The van der Waals surface area contributed by atoms with Crippen LogP contribution in [-0.2, 0) is 9.47 Å². The Balaban J connectivity index is 0.000000152. The number of carbonyl (C=O) groups excluding carboxylic acids is 2. The smallest absolute Gasteiger partial charge is 0.489 e. The van der Waals surface area contributed by atoms with Crippen LogP contribution in [0.2, 0.25) is 0 Å². The molecule has 3 heterocycles. The average molecular weight is 906 g/mol. The number of aromatic amines is 1. The molecule has 0 spiro atoms. The van der Waals surface area contributed by atoms with Crippen LogP contribution in [0.5, 0.6) is 11.5 Å². The summed E-state index contributed by atoms with van der Waals surface area (Å²) in [6.07, 6.45) is 13.3. The number of aliphatic hydroxyl groups is 1. The Kier molecular flexibility index (Phi) is 14.3. The number of carbonyl (C=O) groups is 2. The normalized spacial score (nSPS) is 16.0. The first-order valence-electron chi connectivity index (χ1n) is 21.2. The second kappa shape index (κ2) is 19.8. The first-order valence-corrected chi connectivity index (χ1v) is 22.0.